The second-order valence-electron chi connectivity index (χ2n) is 4.93. The maximum atomic E-state index is 9.83. The van der Waals surface area contributed by atoms with E-state index in [9.17, 15) is 5.11 Å². The molecule has 2 nitrogen and oxygen atoms in total. The lowest BCUT2D eigenvalue weighted by Crippen LogP contribution is -2.13. The maximum Gasteiger partial charge on any atom is 0.134 e. The van der Waals surface area contributed by atoms with Crippen LogP contribution in [0.3, 0.4) is 0 Å². The molecule has 84 valence electrons. The average Bonchev–Trinajstić information content (AvgIpc) is 2.06. The highest BCUT2D eigenvalue weighted by Gasteiger charge is 2.19. The van der Waals surface area contributed by atoms with Crippen LogP contribution in [0.5, 0.6) is 5.75 Å². The summed E-state index contributed by atoms with van der Waals surface area (Å²) < 4.78 is 0.710. The standard InChI is InChI=1S/C12H18BrNO/c1-7(14)9-5-8(12(2,3)4)6-10(13)11(9)15/h5-7,15H,14H2,1-4H3. The number of phenols is 1. The summed E-state index contributed by atoms with van der Waals surface area (Å²) in [6, 6.07) is 3.76. The van der Waals surface area contributed by atoms with Gasteiger partial charge in [0, 0.05) is 11.6 Å². The molecule has 0 spiro atoms. The Morgan fingerprint density at radius 2 is 1.87 bits per heavy atom. The van der Waals surface area contributed by atoms with Gasteiger partial charge in [-0.2, -0.15) is 0 Å². The summed E-state index contributed by atoms with van der Waals surface area (Å²) in [6.07, 6.45) is 0. The zero-order valence-corrected chi connectivity index (χ0v) is 11.2. The van der Waals surface area contributed by atoms with Gasteiger partial charge in [0.1, 0.15) is 5.75 Å². The minimum atomic E-state index is -0.163. The first kappa shape index (κ1) is 12.5. The van der Waals surface area contributed by atoms with Crippen LogP contribution in [-0.4, -0.2) is 5.11 Å². The largest absolute Gasteiger partial charge is 0.506 e. The van der Waals surface area contributed by atoms with Crippen LogP contribution in [0.25, 0.3) is 0 Å². The maximum absolute atomic E-state index is 9.83. The van der Waals surface area contributed by atoms with Crippen LogP contribution in [0.15, 0.2) is 16.6 Å². The molecule has 0 aliphatic carbocycles. The predicted octanol–water partition coefficient (Wildman–Crippen LogP) is 3.47. The van der Waals surface area contributed by atoms with Crippen molar-refractivity contribution in [2.75, 3.05) is 0 Å². The van der Waals surface area contributed by atoms with Crippen LogP contribution >= 0.6 is 15.9 Å². The summed E-state index contributed by atoms with van der Waals surface area (Å²) in [5.41, 5.74) is 7.82. The molecule has 0 aliphatic rings. The van der Waals surface area contributed by atoms with Crippen molar-refractivity contribution in [3.8, 4) is 5.75 Å². The van der Waals surface area contributed by atoms with E-state index in [1.807, 2.05) is 19.1 Å². The van der Waals surface area contributed by atoms with Crippen molar-refractivity contribution in [3.63, 3.8) is 0 Å². The van der Waals surface area contributed by atoms with Crippen molar-refractivity contribution in [3.05, 3.63) is 27.7 Å². The molecule has 3 N–H and O–H groups in total. The average molecular weight is 272 g/mol. The van der Waals surface area contributed by atoms with Crippen molar-refractivity contribution in [2.24, 2.45) is 5.73 Å². The molecule has 1 atom stereocenters. The number of aromatic hydroxyl groups is 1. The molecule has 3 heteroatoms. The number of hydrogen-bond acceptors (Lipinski definition) is 2. The first-order chi connectivity index (χ1) is 6.73. The minimum Gasteiger partial charge on any atom is -0.506 e. The number of benzene rings is 1. The molecule has 0 fully saturated rings. The van der Waals surface area contributed by atoms with Gasteiger partial charge in [-0.15, -0.1) is 0 Å². The number of nitrogens with two attached hydrogens (primary N) is 1. The predicted molar refractivity (Wildman–Crippen MR) is 67.1 cm³/mol. The van der Waals surface area contributed by atoms with E-state index in [1.165, 1.54) is 5.56 Å². The smallest absolute Gasteiger partial charge is 0.134 e. The normalized spacial score (nSPS) is 14.0. The first-order valence-corrected chi connectivity index (χ1v) is 5.81. The molecule has 0 bridgehead atoms. The van der Waals surface area contributed by atoms with Gasteiger partial charge in [0.15, 0.2) is 0 Å². The fourth-order valence-electron chi connectivity index (χ4n) is 1.40. The quantitative estimate of drug-likeness (QED) is 0.822. The molecule has 1 aromatic rings. The van der Waals surface area contributed by atoms with Gasteiger partial charge in [-0.25, -0.2) is 0 Å². The fourth-order valence-corrected chi connectivity index (χ4v) is 1.88. The van der Waals surface area contributed by atoms with E-state index in [0.717, 1.165) is 5.56 Å². The number of phenolic OH excluding ortho intramolecular Hbond substituents is 1. The second-order valence-corrected chi connectivity index (χ2v) is 5.79. The van der Waals surface area contributed by atoms with Gasteiger partial charge in [0.25, 0.3) is 0 Å². The molecule has 0 saturated heterocycles. The van der Waals surface area contributed by atoms with E-state index in [-0.39, 0.29) is 17.2 Å². The van der Waals surface area contributed by atoms with E-state index >= 15 is 0 Å². The molecule has 1 rings (SSSR count). The molecule has 1 aromatic carbocycles. The molecule has 0 amide bonds. The minimum absolute atomic E-state index is 0.0554. The lowest BCUT2D eigenvalue weighted by atomic mass is 9.85. The van der Waals surface area contributed by atoms with Crippen LogP contribution < -0.4 is 5.73 Å². The van der Waals surface area contributed by atoms with E-state index in [2.05, 4.69) is 36.7 Å². The Labute approximate surface area is 99.6 Å². The summed E-state index contributed by atoms with van der Waals surface area (Å²) in [4.78, 5) is 0. The summed E-state index contributed by atoms with van der Waals surface area (Å²) >= 11 is 3.35. The van der Waals surface area contributed by atoms with E-state index in [1.54, 1.807) is 0 Å². The van der Waals surface area contributed by atoms with Gasteiger partial charge >= 0.3 is 0 Å². The molecule has 15 heavy (non-hydrogen) atoms. The van der Waals surface area contributed by atoms with Gasteiger partial charge in [-0.05, 0) is 46.0 Å². The van der Waals surface area contributed by atoms with Crippen LogP contribution in [-0.2, 0) is 5.41 Å². The monoisotopic (exact) mass is 271 g/mol. The molecule has 0 heterocycles. The zero-order valence-electron chi connectivity index (χ0n) is 9.63. The van der Waals surface area contributed by atoms with Crippen molar-refractivity contribution >= 4 is 15.9 Å². The molecule has 0 radical (unpaired) electrons. The van der Waals surface area contributed by atoms with Crippen molar-refractivity contribution in [1.82, 2.24) is 0 Å². The van der Waals surface area contributed by atoms with Crippen LogP contribution in [0, 0.1) is 0 Å². The Kier molecular flexibility index (Phi) is 3.46. The Hall–Kier alpha value is -0.540. The molecule has 0 aliphatic heterocycles. The topological polar surface area (TPSA) is 46.2 Å². The molecular weight excluding hydrogens is 254 g/mol. The van der Waals surface area contributed by atoms with Gasteiger partial charge < -0.3 is 10.8 Å². The van der Waals surface area contributed by atoms with Gasteiger partial charge in [0.2, 0.25) is 0 Å². The third kappa shape index (κ3) is 2.73. The fraction of sp³-hybridized carbons (Fsp3) is 0.500. The summed E-state index contributed by atoms with van der Waals surface area (Å²) in [6.45, 7) is 8.28. The van der Waals surface area contributed by atoms with Crippen LogP contribution in [0.2, 0.25) is 0 Å². The third-order valence-corrected chi connectivity index (χ3v) is 3.05. The number of halogens is 1. The van der Waals surface area contributed by atoms with Gasteiger partial charge in [0.05, 0.1) is 4.47 Å². The zero-order chi connectivity index (χ0) is 11.8. The SMILES string of the molecule is CC(N)c1cc(C(C)(C)C)cc(Br)c1O. The Morgan fingerprint density at radius 1 is 1.33 bits per heavy atom. The van der Waals surface area contributed by atoms with E-state index in [0.29, 0.717) is 4.47 Å². The van der Waals surface area contributed by atoms with Crippen molar-refractivity contribution in [1.29, 1.82) is 0 Å². The van der Waals surface area contributed by atoms with Crippen molar-refractivity contribution in [2.45, 2.75) is 39.2 Å². The number of rotatable bonds is 1. The summed E-state index contributed by atoms with van der Waals surface area (Å²) in [5, 5.41) is 9.83. The first-order valence-electron chi connectivity index (χ1n) is 5.02. The molecule has 0 saturated carbocycles. The summed E-state index contributed by atoms with van der Waals surface area (Å²) in [5.74, 6) is 0.248. The third-order valence-electron chi connectivity index (χ3n) is 2.45. The molecule has 1 unspecified atom stereocenters. The summed E-state index contributed by atoms with van der Waals surface area (Å²) in [7, 11) is 0. The molecule has 0 aromatic heterocycles. The Morgan fingerprint density at radius 3 is 2.27 bits per heavy atom. The Balaban J connectivity index is 3.36. The van der Waals surface area contributed by atoms with Crippen molar-refractivity contribution < 1.29 is 5.11 Å². The highest BCUT2D eigenvalue weighted by molar-refractivity contribution is 9.10. The highest BCUT2D eigenvalue weighted by Crippen LogP contribution is 2.36. The lowest BCUT2D eigenvalue weighted by molar-refractivity contribution is 0.458. The van der Waals surface area contributed by atoms with E-state index in [4.69, 9.17) is 5.73 Å². The molecular formula is C12H18BrNO. The van der Waals surface area contributed by atoms with Gasteiger partial charge in [-0.3, -0.25) is 0 Å². The van der Waals surface area contributed by atoms with E-state index < -0.39 is 0 Å². The van der Waals surface area contributed by atoms with Crippen LogP contribution in [0.1, 0.15) is 44.9 Å². The highest BCUT2D eigenvalue weighted by atomic mass is 79.9. The number of hydrogen-bond donors (Lipinski definition) is 2. The van der Waals surface area contributed by atoms with Gasteiger partial charge in [-0.1, -0.05) is 20.8 Å². The van der Waals surface area contributed by atoms with Crippen LogP contribution in [0.4, 0.5) is 0 Å². The lowest BCUT2D eigenvalue weighted by Gasteiger charge is -2.22. The second kappa shape index (κ2) is 4.14. The Bertz CT molecular complexity index is 367.